The first kappa shape index (κ1) is 10.5. The van der Waals surface area contributed by atoms with E-state index < -0.39 is 0 Å². The number of hydrogen-bond acceptors (Lipinski definition) is 1. The second kappa shape index (κ2) is 4.21. The van der Waals surface area contributed by atoms with Gasteiger partial charge in [0.1, 0.15) is 11.0 Å². The van der Waals surface area contributed by atoms with Gasteiger partial charge in [-0.3, -0.25) is 0 Å². The summed E-state index contributed by atoms with van der Waals surface area (Å²) in [5.74, 6) is -0.235. The first-order chi connectivity index (χ1) is 7.24. The van der Waals surface area contributed by atoms with Gasteiger partial charge in [-0.15, -0.1) is 0 Å². The van der Waals surface area contributed by atoms with E-state index in [4.69, 9.17) is 17.3 Å². The van der Waals surface area contributed by atoms with Crippen LogP contribution in [-0.4, -0.2) is 11.1 Å². The van der Waals surface area contributed by atoms with Crippen LogP contribution in [0.2, 0.25) is 5.15 Å². The predicted octanol–water partition coefficient (Wildman–Crippen LogP) is 2.78. The van der Waals surface area contributed by atoms with Gasteiger partial charge in [0.25, 0.3) is 0 Å². The highest BCUT2D eigenvalue weighted by Gasteiger charge is 2.09. The van der Waals surface area contributed by atoms with Crippen molar-refractivity contribution in [2.24, 2.45) is 5.73 Å². The molecule has 0 bridgehead atoms. The molecule has 0 aliphatic carbocycles. The van der Waals surface area contributed by atoms with Crippen LogP contribution in [0.1, 0.15) is 6.42 Å². The number of hydrogen-bond donors (Lipinski definition) is 1. The Balaban J connectivity index is 2.53. The zero-order chi connectivity index (χ0) is 10.8. The Morgan fingerprint density at radius 3 is 2.93 bits per heavy atom. The lowest BCUT2D eigenvalue weighted by Gasteiger charge is -2.05. The second-order valence-electron chi connectivity index (χ2n) is 3.43. The maximum Gasteiger partial charge on any atom is 0.132 e. The summed E-state index contributed by atoms with van der Waals surface area (Å²) in [7, 11) is 0. The molecule has 2 N–H and O–H groups in total. The third-order valence-electron chi connectivity index (χ3n) is 2.43. The molecule has 0 saturated heterocycles. The maximum atomic E-state index is 13.4. The Bertz CT molecular complexity index is 479. The summed E-state index contributed by atoms with van der Waals surface area (Å²) in [4.78, 5) is 0. The number of halogens is 2. The normalized spacial score (nSPS) is 11.1. The summed E-state index contributed by atoms with van der Waals surface area (Å²) in [6, 6.07) is 6.64. The van der Waals surface area contributed by atoms with Gasteiger partial charge in [0.15, 0.2) is 0 Å². The van der Waals surface area contributed by atoms with Crippen LogP contribution in [0.15, 0.2) is 24.3 Å². The fourth-order valence-corrected chi connectivity index (χ4v) is 1.98. The molecule has 0 unspecified atom stereocenters. The third-order valence-corrected chi connectivity index (χ3v) is 2.74. The van der Waals surface area contributed by atoms with Crippen LogP contribution in [0, 0.1) is 5.82 Å². The minimum Gasteiger partial charge on any atom is -0.331 e. The maximum absolute atomic E-state index is 13.4. The highest BCUT2D eigenvalue weighted by molar-refractivity contribution is 6.31. The van der Waals surface area contributed by atoms with Crippen molar-refractivity contribution in [3.8, 4) is 0 Å². The van der Waals surface area contributed by atoms with E-state index in [1.807, 2.05) is 10.6 Å². The molecule has 4 heteroatoms. The predicted molar refractivity (Wildman–Crippen MR) is 60.6 cm³/mol. The molecule has 0 fully saturated rings. The number of fused-ring (bicyclic) bond motifs is 1. The Labute approximate surface area is 92.4 Å². The van der Waals surface area contributed by atoms with Crippen LogP contribution in [0.4, 0.5) is 4.39 Å². The fraction of sp³-hybridized carbons (Fsp3) is 0.273. The fourth-order valence-electron chi connectivity index (χ4n) is 1.69. The van der Waals surface area contributed by atoms with Crippen molar-refractivity contribution in [2.75, 3.05) is 6.54 Å². The van der Waals surface area contributed by atoms with E-state index in [1.54, 1.807) is 12.1 Å². The average molecular weight is 227 g/mol. The Morgan fingerprint density at radius 1 is 1.40 bits per heavy atom. The quantitative estimate of drug-likeness (QED) is 0.857. The first-order valence-corrected chi connectivity index (χ1v) is 5.25. The third kappa shape index (κ3) is 1.85. The average Bonchev–Trinajstić information content (AvgIpc) is 2.54. The van der Waals surface area contributed by atoms with Gasteiger partial charge in [-0.1, -0.05) is 17.7 Å². The molecule has 2 nitrogen and oxygen atoms in total. The molecular weight excluding hydrogens is 215 g/mol. The van der Waals surface area contributed by atoms with Crippen LogP contribution in [-0.2, 0) is 6.54 Å². The van der Waals surface area contributed by atoms with Crippen LogP contribution >= 0.6 is 11.6 Å². The highest BCUT2D eigenvalue weighted by atomic mass is 35.5. The van der Waals surface area contributed by atoms with Gasteiger partial charge in [-0.2, -0.15) is 0 Å². The molecule has 0 saturated carbocycles. The van der Waals surface area contributed by atoms with E-state index in [2.05, 4.69) is 0 Å². The Morgan fingerprint density at radius 2 is 2.20 bits per heavy atom. The SMILES string of the molecule is NCCCn1c(Cl)cc2c(F)cccc21. The topological polar surface area (TPSA) is 30.9 Å². The summed E-state index contributed by atoms with van der Waals surface area (Å²) < 4.78 is 15.3. The van der Waals surface area contributed by atoms with Gasteiger partial charge in [0.2, 0.25) is 0 Å². The molecule has 0 aliphatic heterocycles. The van der Waals surface area contributed by atoms with Crippen LogP contribution < -0.4 is 5.73 Å². The molecule has 0 aliphatic rings. The molecule has 0 atom stereocenters. The molecule has 2 rings (SSSR count). The Hall–Kier alpha value is -1.06. The van der Waals surface area contributed by atoms with E-state index in [1.165, 1.54) is 6.07 Å². The van der Waals surface area contributed by atoms with Crippen LogP contribution in [0.5, 0.6) is 0 Å². The van der Waals surface area contributed by atoms with Gasteiger partial charge >= 0.3 is 0 Å². The summed E-state index contributed by atoms with van der Waals surface area (Å²) in [5.41, 5.74) is 6.27. The second-order valence-corrected chi connectivity index (χ2v) is 3.82. The van der Waals surface area contributed by atoms with E-state index in [0.717, 1.165) is 18.5 Å². The monoisotopic (exact) mass is 226 g/mol. The van der Waals surface area contributed by atoms with E-state index >= 15 is 0 Å². The van der Waals surface area contributed by atoms with Crippen molar-refractivity contribution in [1.82, 2.24) is 4.57 Å². The summed E-state index contributed by atoms with van der Waals surface area (Å²) in [6.07, 6.45) is 0.833. The molecule has 80 valence electrons. The van der Waals surface area contributed by atoms with Crippen molar-refractivity contribution in [3.63, 3.8) is 0 Å². The minimum atomic E-state index is -0.235. The van der Waals surface area contributed by atoms with Crippen LogP contribution in [0.25, 0.3) is 10.9 Å². The van der Waals surface area contributed by atoms with Gasteiger partial charge < -0.3 is 10.3 Å². The van der Waals surface area contributed by atoms with Crippen molar-refractivity contribution in [3.05, 3.63) is 35.2 Å². The molecule has 2 aromatic rings. The molecule has 0 spiro atoms. The van der Waals surface area contributed by atoms with Gasteiger partial charge in [0.05, 0.1) is 5.52 Å². The molecule has 1 heterocycles. The lowest BCUT2D eigenvalue weighted by atomic mass is 10.2. The van der Waals surface area contributed by atoms with Crippen molar-refractivity contribution in [2.45, 2.75) is 13.0 Å². The Kier molecular flexibility index (Phi) is 2.93. The lowest BCUT2D eigenvalue weighted by Crippen LogP contribution is -2.05. The van der Waals surface area contributed by atoms with E-state index in [9.17, 15) is 4.39 Å². The summed E-state index contributed by atoms with van der Waals surface area (Å²) in [5, 5.41) is 1.13. The van der Waals surface area contributed by atoms with E-state index in [-0.39, 0.29) is 5.82 Å². The van der Waals surface area contributed by atoms with Crippen molar-refractivity contribution >= 4 is 22.5 Å². The number of aryl methyl sites for hydroxylation is 1. The number of aromatic nitrogens is 1. The molecule has 0 amide bonds. The number of rotatable bonds is 3. The van der Waals surface area contributed by atoms with Gasteiger partial charge in [-0.05, 0) is 31.2 Å². The number of nitrogens with two attached hydrogens (primary N) is 1. The van der Waals surface area contributed by atoms with Crippen molar-refractivity contribution in [1.29, 1.82) is 0 Å². The molecule has 0 radical (unpaired) electrons. The van der Waals surface area contributed by atoms with E-state index in [0.29, 0.717) is 17.1 Å². The molecule has 1 aromatic carbocycles. The standard InChI is InChI=1S/C11H12ClFN2/c12-11-7-8-9(13)3-1-4-10(8)15(11)6-2-5-14/h1,3-4,7H,2,5-6,14H2. The van der Waals surface area contributed by atoms with Gasteiger partial charge in [0, 0.05) is 11.9 Å². The number of benzene rings is 1. The van der Waals surface area contributed by atoms with Gasteiger partial charge in [-0.25, -0.2) is 4.39 Å². The molecular formula is C11H12ClFN2. The summed E-state index contributed by atoms with van der Waals surface area (Å²) in [6.45, 7) is 1.33. The summed E-state index contributed by atoms with van der Waals surface area (Å²) >= 11 is 6.03. The zero-order valence-electron chi connectivity index (χ0n) is 8.21. The zero-order valence-corrected chi connectivity index (χ0v) is 8.97. The van der Waals surface area contributed by atoms with Crippen molar-refractivity contribution < 1.29 is 4.39 Å². The molecule has 1 aromatic heterocycles. The first-order valence-electron chi connectivity index (χ1n) is 4.87. The number of nitrogens with zero attached hydrogens (tertiary/aromatic N) is 1. The lowest BCUT2D eigenvalue weighted by molar-refractivity contribution is 0.638. The minimum absolute atomic E-state index is 0.235. The smallest absolute Gasteiger partial charge is 0.132 e. The van der Waals surface area contributed by atoms with Crippen LogP contribution in [0.3, 0.4) is 0 Å². The molecule has 15 heavy (non-hydrogen) atoms. The largest absolute Gasteiger partial charge is 0.331 e. The highest BCUT2D eigenvalue weighted by Crippen LogP contribution is 2.25.